The van der Waals surface area contributed by atoms with Gasteiger partial charge in [-0.05, 0) is 90.3 Å². The Hall–Kier alpha value is -4.75. The maximum absolute atomic E-state index is 15.6. The van der Waals surface area contributed by atoms with Crippen LogP contribution >= 0.6 is 0 Å². The smallest absolute Gasteiger partial charge is 0.416 e. The van der Waals surface area contributed by atoms with Gasteiger partial charge in [0.1, 0.15) is 29.0 Å². The van der Waals surface area contributed by atoms with E-state index in [-0.39, 0.29) is 40.7 Å². The molecule has 1 fully saturated rings. The van der Waals surface area contributed by atoms with Crippen LogP contribution in [0.1, 0.15) is 78.7 Å². The van der Waals surface area contributed by atoms with Gasteiger partial charge >= 0.3 is 24.4 Å². The van der Waals surface area contributed by atoms with E-state index in [1.165, 1.54) is 50.3 Å². The first-order valence-corrected chi connectivity index (χ1v) is 15.5. The van der Waals surface area contributed by atoms with E-state index in [4.69, 9.17) is 14.2 Å². The number of methoxy groups -OCH3 is 2. The Morgan fingerprint density at radius 1 is 0.940 bits per heavy atom. The van der Waals surface area contributed by atoms with Crippen LogP contribution in [0, 0.1) is 11.2 Å². The summed E-state index contributed by atoms with van der Waals surface area (Å²) in [6.45, 7) is 5.45. The second-order valence-electron chi connectivity index (χ2n) is 13.2. The fourth-order valence-corrected chi connectivity index (χ4v) is 6.61. The highest BCUT2D eigenvalue weighted by Crippen LogP contribution is 2.48. The summed E-state index contributed by atoms with van der Waals surface area (Å²) in [5.74, 6) is -1.68. The largest absolute Gasteiger partial charge is 0.496 e. The standard InChI is InChI=1S/C36H34F7NO6/c1-18-31(20-10-22(35(38,39)40)13-23(11-20)36(41,42)43)50-33(47)44(18)17-21-16-34(2,3)9-8-24(21)27-14-26(28(37)15-30(27)49-5)19-6-7-25(32(45)46)29(12-19)48-4/h6-7,10-15,18,31H,8-9,16-17H2,1-5H3,(H,45,46)/t18?,31-/m0/s1. The van der Waals surface area contributed by atoms with Gasteiger partial charge < -0.3 is 19.3 Å². The summed E-state index contributed by atoms with van der Waals surface area (Å²) in [7, 11) is 2.66. The SMILES string of the molecule is COc1cc(-c2cc(C3=C(CN4C(=O)O[C@H](c5cc(C(F)(F)F)cc(C(F)(F)F)c5)C4C)CC(C)(C)CC3)c(OC)cc2F)ccc1C(=O)O. The van der Waals surface area contributed by atoms with Gasteiger partial charge in [0.05, 0.1) is 31.4 Å². The number of hydrogen-bond acceptors (Lipinski definition) is 5. The van der Waals surface area contributed by atoms with Crippen LogP contribution < -0.4 is 9.47 Å². The summed E-state index contributed by atoms with van der Waals surface area (Å²) in [6, 6.07) is 7.08. The van der Waals surface area contributed by atoms with Gasteiger partial charge in [-0.3, -0.25) is 4.90 Å². The molecule has 1 aliphatic heterocycles. The van der Waals surface area contributed by atoms with Crippen LogP contribution in [-0.2, 0) is 17.1 Å². The monoisotopic (exact) mass is 709 g/mol. The van der Waals surface area contributed by atoms with Crippen LogP contribution in [0.2, 0.25) is 0 Å². The number of benzene rings is 3. The number of aromatic carboxylic acids is 1. The van der Waals surface area contributed by atoms with Crippen molar-refractivity contribution in [3.05, 3.63) is 87.7 Å². The van der Waals surface area contributed by atoms with Gasteiger partial charge in [0.2, 0.25) is 0 Å². The van der Waals surface area contributed by atoms with Crippen molar-refractivity contribution in [1.29, 1.82) is 0 Å². The molecular formula is C36H34F7NO6. The second-order valence-corrected chi connectivity index (χ2v) is 13.2. The van der Waals surface area contributed by atoms with Gasteiger partial charge in [-0.1, -0.05) is 19.9 Å². The third kappa shape index (κ3) is 7.24. The molecule has 0 saturated carbocycles. The highest BCUT2D eigenvalue weighted by molar-refractivity contribution is 5.92. The number of carboxylic acid groups (broad SMARTS) is 1. The number of carbonyl (C=O) groups is 2. The molecule has 7 nitrogen and oxygen atoms in total. The Balaban J connectivity index is 1.58. The van der Waals surface area contributed by atoms with Crippen LogP contribution in [0.3, 0.4) is 0 Å². The van der Waals surface area contributed by atoms with Gasteiger partial charge in [0.15, 0.2) is 0 Å². The molecule has 0 spiro atoms. The van der Waals surface area contributed by atoms with E-state index in [0.717, 1.165) is 11.1 Å². The van der Waals surface area contributed by atoms with Crippen molar-refractivity contribution in [3.8, 4) is 22.6 Å². The van der Waals surface area contributed by atoms with E-state index in [1.807, 2.05) is 13.8 Å². The number of amides is 1. The predicted molar refractivity (Wildman–Crippen MR) is 168 cm³/mol. The van der Waals surface area contributed by atoms with Crippen molar-refractivity contribution < 1.29 is 59.6 Å². The molecule has 0 aromatic heterocycles. The third-order valence-electron chi connectivity index (χ3n) is 9.22. The van der Waals surface area contributed by atoms with E-state index in [1.54, 1.807) is 6.07 Å². The topological polar surface area (TPSA) is 85.3 Å². The lowest BCUT2D eigenvalue weighted by Gasteiger charge is -2.36. The van der Waals surface area contributed by atoms with Crippen molar-refractivity contribution in [2.45, 2.75) is 64.5 Å². The zero-order chi connectivity index (χ0) is 36.9. The molecule has 1 aliphatic carbocycles. The molecule has 1 unspecified atom stereocenters. The number of alkyl halides is 6. The van der Waals surface area contributed by atoms with Crippen molar-refractivity contribution in [1.82, 2.24) is 4.90 Å². The van der Waals surface area contributed by atoms with E-state index in [2.05, 4.69) is 0 Å². The fraction of sp³-hybridized carbons (Fsp3) is 0.389. The molecule has 2 aliphatic rings. The molecular weight excluding hydrogens is 675 g/mol. The fourth-order valence-electron chi connectivity index (χ4n) is 6.61. The summed E-state index contributed by atoms with van der Waals surface area (Å²) >= 11 is 0. The summed E-state index contributed by atoms with van der Waals surface area (Å²) in [4.78, 5) is 26.1. The minimum absolute atomic E-state index is 0.0187. The molecule has 14 heteroatoms. The number of ether oxygens (including phenoxy) is 3. The van der Waals surface area contributed by atoms with E-state index in [0.29, 0.717) is 42.5 Å². The number of allylic oxidation sites excluding steroid dienone is 1. The molecule has 0 bridgehead atoms. The minimum atomic E-state index is -5.08. The number of halogens is 7. The van der Waals surface area contributed by atoms with Crippen LogP contribution in [0.25, 0.3) is 16.7 Å². The molecule has 5 rings (SSSR count). The Morgan fingerprint density at radius 3 is 2.12 bits per heavy atom. The number of carboxylic acids is 1. The first-order valence-electron chi connectivity index (χ1n) is 15.5. The summed E-state index contributed by atoms with van der Waals surface area (Å²) in [5, 5.41) is 9.49. The molecule has 3 aromatic rings. The molecule has 2 atom stereocenters. The number of carbonyl (C=O) groups excluding carboxylic acids is 1. The predicted octanol–water partition coefficient (Wildman–Crippen LogP) is 9.79. The number of rotatable bonds is 8. The van der Waals surface area contributed by atoms with Crippen LogP contribution in [0.15, 0.2) is 54.1 Å². The number of hydrogen-bond donors (Lipinski definition) is 1. The van der Waals surface area contributed by atoms with Crippen LogP contribution in [0.4, 0.5) is 35.5 Å². The molecule has 1 saturated heterocycles. The Bertz CT molecular complexity index is 1830. The molecule has 1 heterocycles. The molecule has 1 amide bonds. The van der Waals surface area contributed by atoms with Crippen LogP contribution in [-0.4, -0.2) is 48.9 Å². The minimum Gasteiger partial charge on any atom is -0.496 e. The lowest BCUT2D eigenvalue weighted by molar-refractivity contribution is -0.143. The maximum atomic E-state index is 15.6. The summed E-state index contributed by atoms with van der Waals surface area (Å²) < 4.78 is 113. The Kier molecular flexibility index (Phi) is 9.63. The average molecular weight is 710 g/mol. The summed E-state index contributed by atoms with van der Waals surface area (Å²) in [6.07, 6.45) is -10.9. The van der Waals surface area contributed by atoms with Crippen molar-refractivity contribution in [2.24, 2.45) is 5.41 Å². The highest BCUT2D eigenvalue weighted by Gasteiger charge is 2.44. The molecule has 0 radical (unpaired) electrons. The van der Waals surface area contributed by atoms with E-state index >= 15 is 4.39 Å². The van der Waals surface area contributed by atoms with Gasteiger partial charge in [-0.2, -0.15) is 26.3 Å². The number of nitrogens with zero attached hydrogens (tertiary/aromatic N) is 1. The van der Waals surface area contributed by atoms with Crippen LogP contribution in [0.5, 0.6) is 11.5 Å². The lowest BCUT2D eigenvalue weighted by atomic mass is 9.72. The molecule has 3 aromatic carbocycles. The third-order valence-corrected chi connectivity index (χ3v) is 9.22. The Labute approximate surface area is 283 Å². The van der Waals surface area contributed by atoms with Gasteiger partial charge in [0.25, 0.3) is 0 Å². The van der Waals surface area contributed by atoms with Crippen molar-refractivity contribution >= 4 is 17.6 Å². The van der Waals surface area contributed by atoms with Crippen molar-refractivity contribution in [2.75, 3.05) is 20.8 Å². The first kappa shape index (κ1) is 36.5. The molecule has 1 N–H and O–H groups in total. The zero-order valence-corrected chi connectivity index (χ0v) is 27.7. The Morgan fingerprint density at radius 2 is 1.56 bits per heavy atom. The van der Waals surface area contributed by atoms with Gasteiger partial charge in [-0.25, -0.2) is 14.0 Å². The lowest BCUT2D eigenvalue weighted by Crippen LogP contribution is -2.35. The zero-order valence-electron chi connectivity index (χ0n) is 27.7. The van der Waals surface area contributed by atoms with Crippen molar-refractivity contribution in [3.63, 3.8) is 0 Å². The quantitative estimate of drug-likeness (QED) is 0.235. The number of cyclic esters (lactones) is 1. The van der Waals surface area contributed by atoms with E-state index in [9.17, 15) is 41.0 Å². The molecule has 268 valence electrons. The van der Waals surface area contributed by atoms with Gasteiger partial charge in [0, 0.05) is 23.7 Å². The second kappa shape index (κ2) is 13.2. The molecule has 50 heavy (non-hydrogen) atoms. The van der Waals surface area contributed by atoms with E-state index < -0.39 is 59.1 Å². The van der Waals surface area contributed by atoms with Gasteiger partial charge in [-0.15, -0.1) is 0 Å². The summed E-state index contributed by atoms with van der Waals surface area (Å²) in [5.41, 5.74) is -1.47. The highest BCUT2D eigenvalue weighted by atomic mass is 19.4. The first-order chi connectivity index (χ1) is 23.2. The maximum Gasteiger partial charge on any atom is 0.416 e. The normalized spacial score (nSPS) is 19.4. The average Bonchev–Trinajstić information content (AvgIpc) is 3.31.